The average Bonchev–Trinajstić information content (AvgIpc) is 3.28. The molecule has 0 radical (unpaired) electrons. The van der Waals surface area contributed by atoms with Crippen molar-refractivity contribution in [3.63, 3.8) is 0 Å². The highest BCUT2D eigenvalue weighted by atomic mass is 16.5. The Morgan fingerprint density at radius 1 is 1.06 bits per heavy atom. The van der Waals surface area contributed by atoms with E-state index in [9.17, 15) is 9.59 Å². The Morgan fingerprint density at radius 2 is 1.88 bits per heavy atom. The molecule has 5 nitrogen and oxygen atoms in total. The number of allylic oxidation sites excluding steroid dienone is 7. The predicted molar refractivity (Wildman–Crippen MR) is 130 cm³/mol. The van der Waals surface area contributed by atoms with E-state index >= 15 is 0 Å². The quantitative estimate of drug-likeness (QED) is 0.320. The van der Waals surface area contributed by atoms with Crippen molar-refractivity contribution in [3.05, 3.63) is 90.7 Å². The maximum absolute atomic E-state index is 12.1. The molecule has 0 amide bonds. The van der Waals surface area contributed by atoms with Crippen LogP contribution in [-0.2, 0) is 14.3 Å². The summed E-state index contributed by atoms with van der Waals surface area (Å²) in [6.45, 7) is 8.40. The van der Waals surface area contributed by atoms with Gasteiger partial charge in [-0.3, -0.25) is 14.5 Å². The SMILES string of the molecule is C=C\C(=C/C=C/C=C/C(=O)CC(=O)/C=C/c1ccc2cc[nH]c2c1)CCN1CCOCC1. The lowest BCUT2D eigenvalue weighted by Gasteiger charge is -2.26. The van der Waals surface area contributed by atoms with Gasteiger partial charge in [0.05, 0.1) is 19.6 Å². The van der Waals surface area contributed by atoms with Gasteiger partial charge < -0.3 is 9.72 Å². The summed E-state index contributed by atoms with van der Waals surface area (Å²) in [5.41, 5.74) is 3.07. The molecule has 0 bridgehead atoms. The topological polar surface area (TPSA) is 62.4 Å². The third kappa shape index (κ3) is 7.76. The van der Waals surface area contributed by atoms with Crippen LogP contribution in [0, 0.1) is 0 Å². The van der Waals surface area contributed by atoms with E-state index in [1.165, 1.54) is 12.2 Å². The van der Waals surface area contributed by atoms with Crippen molar-refractivity contribution >= 4 is 28.5 Å². The maximum Gasteiger partial charge on any atom is 0.163 e. The highest BCUT2D eigenvalue weighted by Crippen LogP contribution is 2.15. The molecule has 0 unspecified atom stereocenters. The Balaban J connectivity index is 1.41. The van der Waals surface area contributed by atoms with Crippen molar-refractivity contribution in [3.8, 4) is 0 Å². The fraction of sp³-hybridized carbons (Fsp3) is 0.259. The number of hydrogen-bond donors (Lipinski definition) is 1. The molecule has 2 heterocycles. The van der Waals surface area contributed by atoms with Crippen LogP contribution >= 0.6 is 0 Å². The summed E-state index contributed by atoms with van der Waals surface area (Å²) in [6.07, 6.45) is 16.5. The molecule has 1 aliphatic heterocycles. The van der Waals surface area contributed by atoms with Crippen LogP contribution in [0.2, 0.25) is 0 Å². The summed E-state index contributed by atoms with van der Waals surface area (Å²) in [6, 6.07) is 7.90. The number of ether oxygens (including phenoxy) is 1. The van der Waals surface area contributed by atoms with E-state index in [4.69, 9.17) is 4.74 Å². The molecule has 1 N–H and O–H groups in total. The lowest BCUT2D eigenvalue weighted by molar-refractivity contribution is -0.121. The van der Waals surface area contributed by atoms with Crippen LogP contribution in [-0.4, -0.2) is 54.3 Å². The molecule has 0 saturated carbocycles. The molecule has 5 heteroatoms. The maximum atomic E-state index is 12.1. The number of benzene rings is 1. The van der Waals surface area contributed by atoms with E-state index in [0.717, 1.165) is 61.3 Å². The Labute approximate surface area is 189 Å². The molecule has 1 aromatic heterocycles. The number of morpholine rings is 1. The van der Waals surface area contributed by atoms with Gasteiger partial charge >= 0.3 is 0 Å². The minimum Gasteiger partial charge on any atom is -0.379 e. The highest BCUT2D eigenvalue weighted by Gasteiger charge is 2.09. The number of carbonyl (C=O) groups excluding carboxylic acids is 2. The first-order valence-corrected chi connectivity index (χ1v) is 10.9. The minimum absolute atomic E-state index is 0.140. The zero-order valence-corrected chi connectivity index (χ0v) is 18.3. The third-order valence-corrected chi connectivity index (χ3v) is 5.29. The fourth-order valence-electron chi connectivity index (χ4n) is 3.42. The van der Waals surface area contributed by atoms with Gasteiger partial charge in [0.15, 0.2) is 11.6 Å². The van der Waals surface area contributed by atoms with E-state index < -0.39 is 0 Å². The number of nitrogens with zero attached hydrogens (tertiary/aromatic N) is 1. The first kappa shape index (κ1) is 23.4. The number of aromatic nitrogens is 1. The van der Waals surface area contributed by atoms with Crippen molar-refractivity contribution < 1.29 is 14.3 Å². The van der Waals surface area contributed by atoms with Gasteiger partial charge in [0.1, 0.15) is 0 Å². The van der Waals surface area contributed by atoms with Crippen LogP contribution in [0.25, 0.3) is 17.0 Å². The molecule has 1 fully saturated rings. The van der Waals surface area contributed by atoms with E-state index in [1.807, 2.05) is 48.7 Å². The summed E-state index contributed by atoms with van der Waals surface area (Å²) in [5.74, 6) is -0.434. The van der Waals surface area contributed by atoms with Crippen LogP contribution in [0.1, 0.15) is 18.4 Å². The molecule has 3 rings (SSSR count). The van der Waals surface area contributed by atoms with E-state index in [-0.39, 0.29) is 18.0 Å². The number of hydrogen-bond acceptors (Lipinski definition) is 4. The van der Waals surface area contributed by atoms with Crippen molar-refractivity contribution in [1.29, 1.82) is 0 Å². The molecule has 0 aliphatic carbocycles. The summed E-state index contributed by atoms with van der Waals surface area (Å²) in [7, 11) is 0. The highest BCUT2D eigenvalue weighted by molar-refractivity contribution is 6.09. The number of rotatable bonds is 11. The molecule has 0 spiro atoms. The number of ketones is 2. The van der Waals surface area contributed by atoms with Gasteiger partial charge in [-0.1, -0.05) is 55.2 Å². The monoisotopic (exact) mass is 430 g/mol. The number of nitrogens with one attached hydrogen (secondary N) is 1. The van der Waals surface area contributed by atoms with Gasteiger partial charge in [-0.25, -0.2) is 0 Å². The first-order chi connectivity index (χ1) is 15.6. The zero-order chi connectivity index (χ0) is 22.6. The van der Waals surface area contributed by atoms with Crippen LogP contribution in [0.5, 0.6) is 0 Å². The molecule has 0 atom stereocenters. The number of carbonyl (C=O) groups is 2. The van der Waals surface area contributed by atoms with Crippen molar-refractivity contribution in [1.82, 2.24) is 9.88 Å². The third-order valence-electron chi connectivity index (χ3n) is 5.29. The van der Waals surface area contributed by atoms with Gasteiger partial charge in [0.2, 0.25) is 0 Å². The van der Waals surface area contributed by atoms with Crippen LogP contribution < -0.4 is 0 Å². The average molecular weight is 431 g/mol. The number of aromatic amines is 1. The lowest BCUT2D eigenvalue weighted by Crippen LogP contribution is -2.36. The molecule has 1 aliphatic rings. The molecular formula is C27H30N2O3. The first-order valence-electron chi connectivity index (χ1n) is 10.9. The van der Waals surface area contributed by atoms with Crippen molar-refractivity contribution in [2.45, 2.75) is 12.8 Å². The Morgan fingerprint density at radius 3 is 2.69 bits per heavy atom. The second-order valence-corrected chi connectivity index (χ2v) is 7.66. The Kier molecular flexibility index (Phi) is 9.17. The van der Waals surface area contributed by atoms with Crippen LogP contribution in [0.3, 0.4) is 0 Å². The second kappa shape index (κ2) is 12.5. The van der Waals surface area contributed by atoms with Crippen LogP contribution in [0.4, 0.5) is 0 Å². The van der Waals surface area contributed by atoms with Crippen molar-refractivity contribution in [2.24, 2.45) is 0 Å². The fourth-order valence-corrected chi connectivity index (χ4v) is 3.42. The Bertz CT molecular complexity index is 1050. The smallest absolute Gasteiger partial charge is 0.163 e. The van der Waals surface area contributed by atoms with Gasteiger partial charge in [0, 0.05) is 31.3 Å². The molecule has 32 heavy (non-hydrogen) atoms. The molecule has 2 aromatic rings. The molecule has 1 aromatic carbocycles. The van der Waals surface area contributed by atoms with Gasteiger partial charge in [-0.15, -0.1) is 0 Å². The van der Waals surface area contributed by atoms with Gasteiger partial charge in [0.25, 0.3) is 0 Å². The summed E-state index contributed by atoms with van der Waals surface area (Å²) < 4.78 is 5.36. The van der Waals surface area contributed by atoms with E-state index in [0.29, 0.717) is 0 Å². The normalized spacial score (nSPS) is 15.9. The van der Waals surface area contributed by atoms with Crippen LogP contribution in [0.15, 0.2) is 85.1 Å². The summed E-state index contributed by atoms with van der Waals surface area (Å²) in [5, 5.41) is 1.12. The second-order valence-electron chi connectivity index (χ2n) is 7.66. The number of H-pyrrole nitrogens is 1. The zero-order valence-electron chi connectivity index (χ0n) is 18.3. The van der Waals surface area contributed by atoms with E-state index in [1.54, 1.807) is 18.2 Å². The van der Waals surface area contributed by atoms with E-state index in [2.05, 4.69) is 16.5 Å². The molecule has 1 saturated heterocycles. The van der Waals surface area contributed by atoms with Crippen molar-refractivity contribution in [2.75, 3.05) is 32.8 Å². The lowest BCUT2D eigenvalue weighted by atomic mass is 10.1. The molecular weight excluding hydrogens is 400 g/mol. The standard InChI is InChI=1S/C27H30N2O3/c1-2-22(13-15-29-16-18-32-19-17-29)6-4-3-5-7-25(30)21-26(31)11-9-23-8-10-24-12-14-28-27(24)20-23/h2-12,14,20,28H,1,13,15-19,21H2/b4-3+,7-5+,11-9+,22-6+. The Hall–Kier alpha value is -3.28. The summed E-state index contributed by atoms with van der Waals surface area (Å²) >= 11 is 0. The van der Waals surface area contributed by atoms with Gasteiger partial charge in [-0.05, 0) is 47.2 Å². The predicted octanol–water partition coefficient (Wildman–Crippen LogP) is 4.66. The minimum atomic E-state index is -0.218. The summed E-state index contributed by atoms with van der Waals surface area (Å²) in [4.78, 5) is 29.6. The van der Waals surface area contributed by atoms with Gasteiger partial charge in [-0.2, -0.15) is 0 Å². The molecule has 166 valence electrons. The number of fused-ring (bicyclic) bond motifs is 1. The largest absolute Gasteiger partial charge is 0.379 e.